The van der Waals surface area contributed by atoms with Crippen molar-refractivity contribution in [3.63, 3.8) is 0 Å². The first-order valence-electron chi connectivity index (χ1n) is 5.85. The lowest BCUT2D eigenvalue weighted by Gasteiger charge is -2.14. The molecule has 18 heavy (non-hydrogen) atoms. The van der Waals surface area contributed by atoms with Crippen molar-refractivity contribution in [3.8, 4) is 0 Å². The van der Waals surface area contributed by atoms with Crippen LogP contribution in [0.2, 0.25) is 0 Å². The normalized spacial score (nSPS) is 24.3. The fourth-order valence-electron chi connectivity index (χ4n) is 2.16. The molecule has 0 aliphatic heterocycles. The van der Waals surface area contributed by atoms with Crippen molar-refractivity contribution in [1.82, 2.24) is 9.71 Å². The fraction of sp³-hybridized carbons (Fsp3) is 0.545. The predicted molar refractivity (Wildman–Crippen MR) is 65.6 cm³/mol. The van der Waals surface area contributed by atoms with Crippen LogP contribution < -0.4 is 10.2 Å². The Kier molecular flexibility index (Phi) is 3.84. The zero-order valence-corrected chi connectivity index (χ0v) is 10.6. The largest absolute Gasteiger partial charge is 0.393 e. The van der Waals surface area contributed by atoms with E-state index in [4.69, 9.17) is 0 Å². The summed E-state index contributed by atoms with van der Waals surface area (Å²) in [5.74, 6) is -0.0671. The van der Waals surface area contributed by atoms with Gasteiger partial charge in [-0.2, -0.15) is 0 Å². The molecular formula is C11H16N2O4S. The van der Waals surface area contributed by atoms with Gasteiger partial charge in [0.1, 0.15) is 4.90 Å². The van der Waals surface area contributed by atoms with Crippen LogP contribution >= 0.6 is 0 Å². The van der Waals surface area contributed by atoms with Gasteiger partial charge < -0.3 is 10.1 Å². The van der Waals surface area contributed by atoms with E-state index in [1.165, 1.54) is 12.3 Å². The second-order valence-electron chi connectivity index (χ2n) is 4.48. The number of sulfonamides is 1. The van der Waals surface area contributed by atoms with E-state index >= 15 is 0 Å². The quantitative estimate of drug-likeness (QED) is 0.707. The third-order valence-corrected chi connectivity index (χ3v) is 4.68. The summed E-state index contributed by atoms with van der Waals surface area (Å²) in [4.78, 5) is 13.7. The molecule has 0 saturated heterocycles. The Morgan fingerprint density at radius 2 is 2.22 bits per heavy atom. The van der Waals surface area contributed by atoms with Crippen molar-refractivity contribution in [2.45, 2.75) is 30.3 Å². The standard InChI is InChI=1S/C11H16N2O4S/c14-9-3-1-2-8(9)6-13-18(16,17)11-7-12-5-4-10(11)15/h4-5,7-9,13-14H,1-3,6H2,(H,12,15). The molecule has 0 amide bonds. The molecule has 1 aliphatic carbocycles. The van der Waals surface area contributed by atoms with Gasteiger partial charge in [-0.25, -0.2) is 13.1 Å². The highest BCUT2D eigenvalue weighted by Crippen LogP contribution is 2.24. The molecule has 1 aromatic rings. The van der Waals surface area contributed by atoms with Gasteiger partial charge in [0, 0.05) is 25.0 Å². The fourth-order valence-corrected chi connectivity index (χ4v) is 3.31. The topological polar surface area (TPSA) is 99.3 Å². The van der Waals surface area contributed by atoms with Gasteiger partial charge in [0.2, 0.25) is 15.5 Å². The monoisotopic (exact) mass is 272 g/mol. The SMILES string of the molecule is O=c1cc[nH]cc1S(=O)(=O)NCC1CCCC1O. The number of aliphatic hydroxyl groups is 1. The third kappa shape index (κ3) is 2.80. The molecule has 2 atom stereocenters. The van der Waals surface area contributed by atoms with E-state index in [-0.39, 0.29) is 17.4 Å². The Labute approximate surface area is 105 Å². The molecule has 1 aliphatic rings. The second-order valence-corrected chi connectivity index (χ2v) is 6.22. The molecule has 6 nitrogen and oxygen atoms in total. The van der Waals surface area contributed by atoms with Gasteiger partial charge in [-0.3, -0.25) is 4.79 Å². The van der Waals surface area contributed by atoms with E-state index in [2.05, 4.69) is 9.71 Å². The van der Waals surface area contributed by atoms with Crippen LogP contribution in [0, 0.1) is 5.92 Å². The summed E-state index contributed by atoms with van der Waals surface area (Å²) in [6.45, 7) is 0.165. The van der Waals surface area contributed by atoms with E-state index < -0.39 is 21.6 Å². The van der Waals surface area contributed by atoms with E-state index in [0.717, 1.165) is 19.0 Å². The molecule has 1 saturated carbocycles. The molecule has 2 unspecified atom stereocenters. The van der Waals surface area contributed by atoms with Crippen LogP contribution in [0.4, 0.5) is 0 Å². The number of aliphatic hydroxyl groups excluding tert-OH is 1. The van der Waals surface area contributed by atoms with Gasteiger partial charge in [0.05, 0.1) is 6.10 Å². The highest BCUT2D eigenvalue weighted by Gasteiger charge is 2.27. The number of nitrogens with one attached hydrogen (secondary N) is 2. The van der Waals surface area contributed by atoms with Gasteiger partial charge in [-0.1, -0.05) is 6.42 Å². The van der Waals surface area contributed by atoms with Gasteiger partial charge in [0.25, 0.3) is 0 Å². The Balaban J connectivity index is 2.09. The van der Waals surface area contributed by atoms with Gasteiger partial charge in [-0.05, 0) is 18.8 Å². The molecule has 1 fully saturated rings. The number of H-pyrrole nitrogens is 1. The summed E-state index contributed by atoms with van der Waals surface area (Å²) in [6.07, 6.45) is 4.49. The molecule has 3 N–H and O–H groups in total. The maximum Gasteiger partial charge on any atom is 0.245 e. The minimum Gasteiger partial charge on any atom is -0.393 e. The van der Waals surface area contributed by atoms with Crippen LogP contribution in [0.5, 0.6) is 0 Å². The lowest BCUT2D eigenvalue weighted by molar-refractivity contribution is 0.134. The van der Waals surface area contributed by atoms with Crippen LogP contribution in [-0.2, 0) is 10.0 Å². The summed E-state index contributed by atoms with van der Waals surface area (Å²) in [5, 5.41) is 9.61. The smallest absolute Gasteiger partial charge is 0.245 e. The Morgan fingerprint density at radius 1 is 1.44 bits per heavy atom. The first kappa shape index (κ1) is 13.3. The van der Waals surface area contributed by atoms with E-state index in [0.29, 0.717) is 6.42 Å². The lowest BCUT2D eigenvalue weighted by Crippen LogP contribution is -2.34. The molecule has 2 rings (SSSR count). The Morgan fingerprint density at radius 3 is 2.83 bits per heavy atom. The molecule has 7 heteroatoms. The Hall–Kier alpha value is -1.18. The Bertz CT molecular complexity index is 566. The maximum absolute atomic E-state index is 11.9. The van der Waals surface area contributed by atoms with Crippen molar-refractivity contribution in [3.05, 3.63) is 28.7 Å². The van der Waals surface area contributed by atoms with Crippen molar-refractivity contribution >= 4 is 10.0 Å². The molecule has 1 aromatic heterocycles. The van der Waals surface area contributed by atoms with Crippen LogP contribution in [0.15, 0.2) is 28.2 Å². The zero-order valence-electron chi connectivity index (χ0n) is 9.80. The average molecular weight is 272 g/mol. The number of aromatic amines is 1. The first-order chi connectivity index (χ1) is 8.50. The zero-order chi connectivity index (χ0) is 13.2. The summed E-state index contributed by atoms with van der Waals surface area (Å²) >= 11 is 0. The lowest BCUT2D eigenvalue weighted by atomic mass is 10.1. The van der Waals surface area contributed by atoms with Crippen molar-refractivity contribution < 1.29 is 13.5 Å². The minimum atomic E-state index is -3.81. The van der Waals surface area contributed by atoms with Crippen LogP contribution in [0.1, 0.15) is 19.3 Å². The number of aromatic nitrogens is 1. The molecule has 100 valence electrons. The molecule has 0 radical (unpaired) electrons. The third-order valence-electron chi connectivity index (χ3n) is 3.23. The minimum absolute atomic E-state index is 0.0671. The molecule has 1 heterocycles. The van der Waals surface area contributed by atoms with Gasteiger partial charge in [-0.15, -0.1) is 0 Å². The highest BCUT2D eigenvalue weighted by atomic mass is 32.2. The van der Waals surface area contributed by atoms with Crippen LogP contribution in [0.3, 0.4) is 0 Å². The summed E-state index contributed by atoms with van der Waals surface area (Å²) in [6, 6.07) is 1.17. The molecular weight excluding hydrogens is 256 g/mol. The molecule has 0 bridgehead atoms. The van der Waals surface area contributed by atoms with Gasteiger partial charge >= 0.3 is 0 Å². The van der Waals surface area contributed by atoms with E-state index in [1.54, 1.807) is 0 Å². The maximum atomic E-state index is 11.9. The van der Waals surface area contributed by atoms with Crippen LogP contribution in [0.25, 0.3) is 0 Å². The number of rotatable bonds is 4. The van der Waals surface area contributed by atoms with Crippen molar-refractivity contribution in [2.24, 2.45) is 5.92 Å². The number of hydrogen-bond donors (Lipinski definition) is 3. The predicted octanol–water partition coefficient (Wildman–Crippen LogP) is -0.186. The van der Waals surface area contributed by atoms with Crippen LogP contribution in [-0.4, -0.2) is 31.2 Å². The average Bonchev–Trinajstić information content (AvgIpc) is 2.73. The number of hydrogen-bond acceptors (Lipinski definition) is 4. The van der Waals surface area contributed by atoms with E-state index in [9.17, 15) is 18.3 Å². The first-order valence-corrected chi connectivity index (χ1v) is 7.34. The molecule has 0 spiro atoms. The van der Waals surface area contributed by atoms with Crippen molar-refractivity contribution in [2.75, 3.05) is 6.54 Å². The summed E-state index contributed by atoms with van der Waals surface area (Å²) < 4.78 is 26.2. The second kappa shape index (κ2) is 5.21. The van der Waals surface area contributed by atoms with E-state index in [1.807, 2.05) is 0 Å². The van der Waals surface area contributed by atoms with Gasteiger partial charge in [0.15, 0.2) is 0 Å². The summed E-state index contributed by atoms with van der Waals surface area (Å²) in [5.41, 5.74) is -0.548. The van der Waals surface area contributed by atoms with Crippen molar-refractivity contribution in [1.29, 1.82) is 0 Å². The highest BCUT2D eigenvalue weighted by molar-refractivity contribution is 7.89. The number of pyridine rings is 1. The summed E-state index contributed by atoms with van der Waals surface area (Å²) in [7, 11) is -3.81. The molecule has 0 aromatic carbocycles.